The zero-order valence-electron chi connectivity index (χ0n) is 5.35. The predicted octanol–water partition coefficient (Wildman–Crippen LogP) is -1.23. The second-order valence-corrected chi connectivity index (χ2v) is 1.83. The number of hydrogen-bond donors (Lipinski definition) is 2. The fraction of sp³-hybridized carbons (Fsp3) is 0.800. The first-order chi connectivity index (χ1) is 4.20. The van der Waals surface area contributed by atoms with E-state index in [0.717, 1.165) is 0 Å². The Labute approximate surface area is 54.0 Å². The number of carbonyl (C=O) groups is 1. The lowest BCUT2D eigenvalue weighted by atomic mass is 10.3. The highest BCUT2D eigenvalue weighted by Gasteiger charge is 2.01. The molecule has 53 valence electrons. The van der Waals surface area contributed by atoms with Gasteiger partial charge in [0.1, 0.15) is 0 Å². The van der Waals surface area contributed by atoms with E-state index in [1.54, 1.807) is 6.92 Å². The van der Waals surface area contributed by atoms with Gasteiger partial charge >= 0.3 is 0 Å². The number of aliphatic hydroxyl groups is 1. The van der Waals surface area contributed by atoms with Gasteiger partial charge in [-0.25, -0.2) is 5.73 Å². The maximum atomic E-state index is 10.4. The minimum atomic E-state index is -0.350. The zero-order chi connectivity index (χ0) is 7.28. The Morgan fingerprint density at radius 1 is 1.89 bits per heavy atom. The topological polar surface area (TPSA) is 73.1 Å². The van der Waals surface area contributed by atoms with Gasteiger partial charge in [0.25, 0.3) is 0 Å². The molecule has 0 aliphatic rings. The molecule has 0 saturated heterocycles. The van der Waals surface area contributed by atoms with Crippen molar-refractivity contribution >= 4 is 5.91 Å². The van der Waals surface area contributed by atoms with Gasteiger partial charge in [0.15, 0.2) is 0 Å². The second-order valence-electron chi connectivity index (χ2n) is 1.83. The lowest BCUT2D eigenvalue weighted by molar-refractivity contribution is -0.120. The van der Waals surface area contributed by atoms with Gasteiger partial charge in [0, 0.05) is 6.04 Å². The molecule has 1 radical (unpaired) electrons. The Morgan fingerprint density at radius 2 is 2.44 bits per heavy atom. The molecular formula is C5H11N2O2. The van der Waals surface area contributed by atoms with Crippen LogP contribution in [0.5, 0.6) is 0 Å². The third-order valence-electron chi connectivity index (χ3n) is 0.842. The Morgan fingerprint density at radius 3 is 2.78 bits per heavy atom. The summed E-state index contributed by atoms with van der Waals surface area (Å²) in [4.78, 5) is 10.4. The van der Waals surface area contributed by atoms with Gasteiger partial charge < -0.3 is 10.4 Å². The smallest absolute Gasteiger partial charge is 0.235 e. The number of aliphatic hydroxyl groups excluding tert-OH is 1. The summed E-state index contributed by atoms with van der Waals surface area (Å²) < 4.78 is 0. The molecule has 0 rings (SSSR count). The lowest BCUT2D eigenvalue weighted by Crippen LogP contribution is -2.37. The van der Waals surface area contributed by atoms with Crippen molar-refractivity contribution in [3.63, 3.8) is 0 Å². The average Bonchev–Trinajstić information content (AvgIpc) is 1.87. The Balaban J connectivity index is 3.34. The first-order valence-electron chi connectivity index (χ1n) is 2.75. The highest BCUT2D eigenvalue weighted by molar-refractivity contribution is 5.77. The van der Waals surface area contributed by atoms with Crippen molar-refractivity contribution in [1.29, 1.82) is 0 Å². The molecule has 0 saturated carbocycles. The van der Waals surface area contributed by atoms with Crippen LogP contribution in [-0.2, 0) is 4.79 Å². The summed E-state index contributed by atoms with van der Waals surface area (Å²) in [7, 11) is 0. The van der Waals surface area contributed by atoms with E-state index in [-0.39, 0.29) is 25.1 Å². The van der Waals surface area contributed by atoms with Crippen LogP contribution in [0.25, 0.3) is 0 Å². The number of hydrogen-bond acceptors (Lipinski definition) is 2. The predicted molar refractivity (Wildman–Crippen MR) is 32.7 cm³/mol. The molecular weight excluding hydrogens is 120 g/mol. The molecule has 9 heavy (non-hydrogen) atoms. The van der Waals surface area contributed by atoms with Crippen LogP contribution in [0.3, 0.4) is 0 Å². The molecule has 0 aromatic heterocycles. The summed E-state index contributed by atoms with van der Waals surface area (Å²) in [6.07, 6.45) is 0. The molecule has 0 aromatic rings. The summed E-state index contributed by atoms with van der Waals surface area (Å²) in [6.45, 7) is 1.32. The zero-order valence-corrected chi connectivity index (χ0v) is 5.35. The molecule has 0 aliphatic heterocycles. The normalized spacial score (nSPS) is 12.8. The van der Waals surface area contributed by atoms with Crippen LogP contribution in [0.1, 0.15) is 6.92 Å². The number of amides is 1. The van der Waals surface area contributed by atoms with Gasteiger partial charge in [-0.2, -0.15) is 0 Å². The number of nitrogens with one attached hydrogen (secondary N) is 2. The molecule has 0 aromatic carbocycles. The van der Waals surface area contributed by atoms with E-state index >= 15 is 0 Å². The fourth-order valence-corrected chi connectivity index (χ4v) is 0.371. The molecule has 3 N–H and O–H groups in total. The summed E-state index contributed by atoms with van der Waals surface area (Å²) in [6, 6.07) is -0.233. The highest BCUT2D eigenvalue weighted by Crippen LogP contribution is 1.75. The van der Waals surface area contributed by atoms with E-state index in [1.165, 1.54) is 0 Å². The van der Waals surface area contributed by atoms with E-state index in [9.17, 15) is 4.79 Å². The Kier molecular flexibility index (Phi) is 4.00. The van der Waals surface area contributed by atoms with Gasteiger partial charge in [-0.1, -0.05) is 0 Å². The standard InChI is InChI=1S/C5H11N2O2/c1-4(3-8)7-5(9)2-6/h4,6,8H,2-3H2,1H3,(H,7,9). The SMILES string of the molecule is CC(CO)NC(=O)C[NH]. The van der Waals surface area contributed by atoms with Crippen molar-refractivity contribution in [1.82, 2.24) is 11.1 Å². The molecule has 0 fully saturated rings. The second kappa shape index (κ2) is 4.29. The van der Waals surface area contributed by atoms with Crippen LogP contribution in [0.2, 0.25) is 0 Å². The monoisotopic (exact) mass is 131 g/mol. The minimum absolute atomic E-state index is 0.0776. The van der Waals surface area contributed by atoms with Gasteiger partial charge in [0.2, 0.25) is 5.91 Å². The van der Waals surface area contributed by atoms with Crippen molar-refractivity contribution in [2.24, 2.45) is 0 Å². The maximum absolute atomic E-state index is 10.4. The van der Waals surface area contributed by atoms with E-state index in [4.69, 9.17) is 10.8 Å². The van der Waals surface area contributed by atoms with Crippen molar-refractivity contribution in [3.05, 3.63) is 0 Å². The fourth-order valence-electron chi connectivity index (χ4n) is 0.371. The first-order valence-corrected chi connectivity index (χ1v) is 2.75. The number of carbonyl (C=O) groups excluding carboxylic acids is 1. The third kappa shape index (κ3) is 3.93. The minimum Gasteiger partial charge on any atom is -0.394 e. The molecule has 1 amide bonds. The third-order valence-corrected chi connectivity index (χ3v) is 0.842. The van der Waals surface area contributed by atoms with Crippen molar-refractivity contribution < 1.29 is 9.90 Å². The summed E-state index contributed by atoms with van der Waals surface area (Å²) in [5.41, 5.74) is 6.58. The quantitative estimate of drug-likeness (QED) is 0.503. The molecule has 0 heterocycles. The highest BCUT2D eigenvalue weighted by atomic mass is 16.3. The van der Waals surface area contributed by atoms with Gasteiger partial charge in [-0.15, -0.1) is 0 Å². The van der Waals surface area contributed by atoms with Gasteiger partial charge in [-0.3, -0.25) is 4.79 Å². The summed E-state index contributed by atoms with van der Waals surface area (Å²) in [5.74, 6) is -0.350. The molecule has 4 heteroatoms. The Hall–Kier alpha value is -0.610. The van der Waals surface area contributed by atoms with Crippen molar-refractivity contribution in [2.75, 3.05) is 13.2 Å². The first kappa shape index (κ1) is 8.39. The van der Waals surface area contributed by atoms with Crippen LogP contribution < -0.4 is 11.1 Å². The molecule has 0 bridgehead atoms. The average molecular weight is 131 g/mol. The van der Waals surface area contributed by atoms with Crippen molar-refractivity contribution in [3.8, 4) is 0 Å². The molecule has 1 unspecified atom stereocenters. The largest absolute Gasteiger partial charge is 0.394 e. The van der Waals surface area contributed by atoms with Crippen LogP contribution in [0.15, 0.2) is 0 Å². The van der Waals surface area contributed by atoms with Gasteiger partial charge in [0.05, 0.1) is 13.2 Å². The summed E-state index contributed by atoms with van der Waals surface area (Å²) in [5, 5.41) is 10.8. The van der Waals surface area contributed by atoms with Crippen LogP contribution in [-0.4, -0.2) is 30.2 Å². The lowest BCUT2D eigenvalue weighted by Gasteiger charge is -2.07. The van der Waals surface area contributed by atoms with E-state index in [0.29, 0.717) is 0 Å². The number of rotatable bonds is 3. The molecule has 0 spiro atoms. The van der Waals surface area contributed by atoms with E-state index < -0.39 is 0 Å². The maximum Gasteiger partial charge on any atom is 0.235 e. The van der Waals surface area contributed by atoms with Crippen LogP contribution in [0.4, 0.5) is 0 Å². The van der Waals surface area contributed by atoms with Crippen LogP contribution >= 0.6 is 0 Å². The van der Waals surface area contributed by atoms with E-state index in [2.05, 4.69) is 5.32 Å². The van der Waals surface area contributed by atoms with Crippen molar-refractivity contribution in [2.45, 2.75) is 13.0 Å². The molecule has 1 atom stereocenters. The Bertz CT molecular complexity index is 95.0. The van der Waals surface area contributed by atoms with Gasteiger partial charge in [-0.05, 0) is 6.92 Å². The summed E-state index contributed by atoms with van der Waals surface area (Å²) >= 11 is 0. The molecule has 4 nitrogen and oxygen atoms in total. The van der Waals surface area contributed by atoms with Crippen LogP contribution in [0, 0.1) is 0 Å². The molecule has 0 aliphatic carbocycles. The van der Waals surface area contributed by atoms with E-state index in [1.807, 2.05) is 0 Å².